The molecule has 0 aliphatic carbocycles. The quantitative estimate of drug-likeness (QED) is 0.405. The molecule has 0 heterocycles. The Bertz CT molecular complexity index is 127. The number of allylic oxidation sites excluding steroid dienone is 1. The first-order chi connectivity index (χ1) is 8.26. The van der Waals surface area contributed by atoms with E-state index in [1.54, 1.807) is 0 Å². The molecule has 0 fully saturated rings. The fourth-order valence-electron chi connectivity index (χ4n) is 1.63. The molecule has 0 aromatic rings. The summed E-state index contributed by atoms with van der Waals surface area (Å²) in [6, 6.07) is 0. The molecule has 0 saturated heterocycles. The predicted molar refractivity (Wildman–Crippen MR) is 79.3 cm³/mol. The predicted octanol–water partition coefficient (Wildman–Crippen LogP) is 5.34. The van der Waals surface area contributed by atoms with Crippen molar-refractivity contribution < 1.29 is 5.11 Å². The van der Waals surface area contributed by atoms with E-state index in [0.29, 0.717) is 12.5 Å². The summed E-state index contributed by atoms with van der Waals surface area (Å²) in [5.74, 6) is 0.560. The van der Waals surface area contributed by atoms with E-state index in [-0.39, 0.29) is 0 Å². The number of unbranched alkanes of at least 4 members (excludes halogenated alkanes) is 5. The fraction of sp³-hybridized carbons (Fsp3) is 0.875. The van der Waals surface area contributed by atoms with E-state index >= 15 is 0 Å². The highest BCUT2D eigenvalue weighted by atomic mass is 16.3. The Hall–Kier alpha value is -0.300. The topological polar surface area (TPSA) is 20.2 Å². The summed E-state index contributed by atoms with van der Waals surface area (Å²) in [5, 5.41) is 8.75. The van der Waals surface area contributed by atoms with Gasteiger partial charge in [-0.05, 0) is 25.2 Å². The monoisotopic (exact) mass is 242 g/mol. The minimum absolute atomic E-state index is 0.372. The molecule has 0 aromatic carbocycles. The summed E-state index contributed by atoms with van der Waals surface area (Å²) in [4.78, 5) is 0. The molecule has 17 heavy (non-hydrogen) atoms. The molecule has 0 aliphatic heterocycles. The SMILES string of the molecule is C=CCCCCCC.CCCCC(CC)CO. The highest BCUT2D eigenvalue weighted by molar-refractivity contribution is 4.65. The van der Waals surface area contributed by atoms with E-state index in [2.05, 4.69) is 27.4 Å². The van der Waals surface area contributed by atoms with Gasteiger partial charge in [0, 0.05) is 6.61 Å². The third-order valence-electron chi connectivity index (χ3n) is 3.06. The van der Waals surface area contributed by atoms with Crippen LogP contribution in [0.15, 0.2) is 12.7 Å². The third kappa shape index (κ3) is 18.3. The van der Waals surface area contributed by atoms with Gasteiger partial charge in [0.2, 0.25) is 0 Å². The molecular formula is C16H34O. The first-order valence-electron chi connectivity index (χ1n) is 7.48. The summed E-state index contributed by atoms with van der Waals surface area (Å²) < 4.78 is 0. The van der Waals surface area contributed by atoms with Crippen LogP contribution in [0.1, 0.15) is 78.6 Å². The zero-order valence-corrected chi connectivity index (χ0v) is 12.4. The second-order valence-corrected chi connectivity index (χ2v) is 4.74. The van der Waals surface area contributed by atoms with Crippen molar-refractivity contribution in [2.45, 2.75) is 78.6 Å². The van der Waals surface area contributed by atoms with Crippen molar-refractivity contribution in [3.05, 3.63) is 12.7 Å². The molecule has 1 atom stereocenters. The number of aliphatic hydroxyl groups is 1. The van der Waals surface area contributed by atoms with Crippen LogP contribution in [0, 0.1) is 5.92 Å². The summed E-state index contributed by atoms with van der Waals surface area (Å²) in [6.07, 6.45) is 13.4. The Kier molecular flexibility index (Phi) is 20.3. The van der Waals surface area contributed by atoms with Crippen molar-refractivity contribution in [3.8, 4) is 0 Å². The van der Waals surface area contributed by atoms with Crippen LogP contribution in [0.4, 0.5) is 0 Å². The first-order valence-corrected chi connectivity index (χ1v) is 7.48. The van der Waals surface area contributed by atoms with Gasteiger partial charge in [-0.3, -0.25) is 0 Å². The number of rotatable bonds is 10. The minimum Gasteiger partial charge on any atom is -0.396 e. The smallest absolute Gasteiger partial charge is 0.0459 e. The maximum Gasteiger partial charge on any atom is 0.0459 e. The number of hydrogen-bond acceptors (Lipinski definition) is 1. The molecule has 1 heteroatoms. The average molecular weight is 242 g/mol. The van der Waals surface area contributed by atoms with E-state index in [9.17, 15) is 0 Å². The standard InChI is InChI=1S/C8H18O.C8H16/c1-3-5-6-8(4-2)7-9;1-3-5-7-8-6-4-2/h8-9H,3-7H2,1-2H3;3H,1,4-8H2,2H3. The van der Waals surface area contributed by atoms with Gasteiger partial charge in [-0.2, -0.15) is 0 Å². The van der Waals surface area contributed by atoms with Crippen LogP contribution >= 0.6 is 0 Å². The molecule has 1 unspecified atom stereocenters. The van der Waals surface area contributed by atoms with Crippen molar-refractivity contribution in [1.82, 2.24) is 0 Å². The van der Waals surface area contributed by atoms with E-state index in [1.807, 2.05) is 6.08 Å². The highest BCUT2D eigenvalue weighted by Gasteiger charge is 2.01. The van der Waals surface area contributed by atoms with Crippen molar-refractivity contribution >= 4 is 0 Å². The van der Waals surface area contributed by atoms with Crippen LogP contribution in [0.2, 0.25) is 0 Å². The van der Waals surface area contributed by atoms with Gasteiger partial charge in [0.25, 0.3) is 0 Å². The van der Waals surface area contributed by atoms with Crippen LogP contribution < -0.4 is 0 Å². The minimum atomic E-state index is 0.372. The van der Waals surface area contributed by atoms with E-state index < -0.39 is 0 Å². The van der Waals surface area contributed by atoms with Crippen molar-refractivity contribution in [1.29, 1.82) is 0 Å². The van der Waals surface area contributed by atoms with Gasteiger partial charge in [-0.1, -0.05) is 65.4 Å². The molecule has 0 saturated carbocycles. The Morgan fingerprint density at radius 1 is 1.00 bits per heavy atom. The van der Waals surface area contributed by atoms with Crippen LogP contribution in [0.3, 0.4) is 0 Å². The lowest BCUT2D eigenvalue weighted by molar-refractivity contribution is 0.212. The van der Waals surface area contributed by atoms with Gasteiger partial charge in [-0.15, -0.1) is 6.58 Å². The lowest BCUT2D eigenvalue weighted by Gasteiger charge is -2.08. The summed E-state index contributed by atoms with van der Waals surface area (Å²) >= 11 is 0. The van der Waals surface area contributed by atoms with Crippen molar-refractivity contribution in [3.63, 3.8) is 0 Å². The van der Waals surface area contributed by atoms with Crippen LogP contribution in [0.25, 0.3) is 0 Å². The van der Waals surface area contributed by atoms with Gasteiger partial charge in [0.05, 0.1) is 0 Å². The zero-order chi connectivity index (χ0) is 13.4. The van der Waals surface area contributed by atoms with Crippen LogP contribution in [0.5, 0.6) is 0 Å². The van der Waals surface area contributed by atoms with Crippen LogP contribution in [-0.4, -0.2) is 11.7 Å². The molecule has 1 N–H and O–H groups in total. The lowest BCUT2D eigenvalue weighted by atomic mass is 10.0. The molecule has 0 bridgehead atoms. The van der Waals surface area contributed by atoms with Crippen molar-refractivity contribution in [2.24, 2.45) is 5.92 Å². The van der Waals surface area contributed by atoms with Gasteiger partial charge in [0.15, 0.2) is 0 Å². The van der Waals surface area contributed by atoms with E-state index in [0.717, 1.165) is 6.42 Å². The molecule has 0 spiro atoms. The van der Waals surface area contributed by atoms with Crippen LogP contribution in [-0.2, 0) is 0 Å². The lowest BCUT2D eigenvalue weighted by Crippen LogP contribution is -2.03. The van der Waals surface area contributed by atoms with Gasteiger partial charge in [-0.25, -0.2) is 0 Å². The van der Waals surface area contributed by atoms with Gasteiger partial charge in [0.1, 0.15) is 0 Å². The van der Waals surface area contributed by atoms with E-state index in [1.165, 1.54) is 51.4 Å². The first kappa shape index (κ1) is 19.0. The molecule has 1 nitrogen and oxygen atoms in total. The van der Waals surface area contributed by atoms with Crippen molar-refractivity contribution in [2.75, 3.05) is 6.61 Å². The Balaban J connectivity index is 0. The Morgan fingerprint density at radius 2 is 1.65 bits per heavy atom. The maximum atomic E-state index is 8.75. The van der Waals surface area contributed by atoms with Gasteiger partial charge < -0.3 is 5.11 Å². The molecule has 0 amide bonds. The molecule has 0 aliphatic rings. The molecule has 0 rings (SSSR count). The molecular weight excluding hydrogens is 208 g/mol. The van der Waals surface area contributed by atoms with E-state index in [4.69, 9.17) is 5.11 Å². The molecule has 104 valence electrons. The Morgan fingerprint density at radius 3 is 2.06 bits per heavy atom. The normalized spacial score (nSPS) is 11.5. The summed E-state index contributed by atoms with van der Waals surface area (Å²) in [5.41, 5.74) is 0. The highest BCUT2D eigenvalue weighted by Crippen LogP contribution is 2.10. The third-order valence-corrected chi connectivity index (χ3v) is 3.06. The van der Waals surface area contributed by atoms with Gasteiger partial charge >= 0.3 is 0 Å². The number of hydrogen-bond donors (Lipinski definition) is 1. The second-order valence-electron chi connectivity index (χ2n) is 4.74. The maximum absolute atomic E-state index is 8.75. The average Bonchev–Trinajstić information content (AvgIpc) is 2.37. The second kappa shape index (κ2) is 18.1. The Labute approximate surface area is 109 Å². The largest absolute Gasteiger partial charge is 0.396 e. The summed E-state index contributed by atoms with van der Waals surface area (Å²) in [7, 11) is 0. The summed E-state index contributed by atoms with van der Waals surface area (Å²) in [6.45, 7) is 10.6. The zero-order valence-electron chi connectivity index (χ0n) is 12.4. The molecule has 0 aromatic heterocycles. The fourth-order valence-corrected chi connectivity index (χ4v) is 1.63. The number of aliphatic hydroxyl groups excluding tert-OH is 1. The molecule has 0 radical (unpaired) electrons.